The number of fused-ring (bicyclic) bond motifs is 3. The smallest absolute Gasteiger partial charge is 0.326 e. The molecule has 3 aromatic rings. The summed E-state index contributed by atoms with van der Waals surface area (Å²) in [5.41, 5.74) is 2.20. The van der Waals surface area contributed by atoms with Gasteiger partial charge < -0.3 is 19.6 Å². The number of ether oxygens (including phenoxy) is 1. The van der Waals surface area contributed by atoms with E-state index in [1.54, 1.807) is 6.20 Å². The molecule has 2 saturated heterocycles. The van der Waals surface area contributed by atoms with Crippen molar-refractivity contribution in [2.45, 2.75) is 19.4 Å². The third-order valence-corrected chi connectivity index (χ3v) is 6.33. The Bertz CT molecular complexity index is 1090. The molecule has 0 bridgehead atoms. The van der Waals surface area contributed by atoms with Crippen molar-refractivity contribution in [3.05, 3.63) is 28.9 Å². The van der Waals surface area contributed by atoms with Crippen LogP contribution in [-0.2, 0) is 9.53 Å². The van der Waals surface area contributed by atoms with Crippen molar-refractivity contribution in [1.29, 1.82) is 0 Å². The van der Waals surface area contributed by atoms with Crippen LogP contribution in [0.5, 0.6) is 0 Å². The third-order valence-electron chi connectivity index (χ3n) is 6.33. The van der Waals surface area contributed by atoms with Gasteiger partial charge in [-0.3, -0.25) is 14.3 Å². The fraction of sp³-hybridized carbons (Fsp3) is 0.550. The standard InChI is InChI=1S/C20H26N6O3/c1-13-3-5-25(17(27)12-24-6-8-29-9-7-24)11-16(13)26-18-14-2-4-21-19(14)22-10-15(18)23-20(26)28/h2,4,10,13,16H,3,5-9,11-12H2,1H3,(H,21,22)(H,23,28). The highest BCUT2D eigenvalue weighted by molar-refractivity contribution is 6.01. The van der Waals surface area contributed by atoms with Crippen molar-refractivity contribution in [3.63, 3.8) is 0 Å². The van der Waals surface area contributed by atoms with Gasteiger partial charge in [0.1, 0.15) is 5.65 Å². The Kier molecular flexibility index (Phi) is 4.63. The van der Waals surface area contributed by atoms with E-state index in [1.165, 1.54) is 0 Å². The van der Waals surface area contributed by atoms with Gasteiger partial charge in [-0.25, -0.2) is 9.78 Å². The molecule has 5 heterocycles. The molecule has 2 aliphatic rings. The number of hydrogen-bond acceptors (Lipinski definition) is 5. The quantitative estimate of drug-likeness (QED) is 0.684. The number of nitrogens with one attached hydrogen (secondary N) is 2. The molecular formula is C20H26N6O3. The van der Waals surface area contributed by atoms with Crippen molar-refractivity contribution in [3.8, 4) is 0 Å². The van der Waals surface area contributed by atoms with E-state index in [0.717, 1.165) is 48.1 Å². The minimum absolute atomic E-state index is 0.0702. The molecular weight excluding hydrogens is 372 g/mol. The molecule has 154 valence electrons. The fourth-order valence-electron chi connectivity index (χ4n) is 4.60. The molecule has 0 radical (unpaired) electrons. The highest BCUT2D eigenvalue weighted by Gasteiger charge is 2.33. The van der Waals surface area contributed by atoms with Crippen molar-refractivity contribution in [1.82, 2.24) is 29.3 Å². The number of H-pyrrole nitrogens is 2. The molecule has 29 heavy (non-hydrogen) atoms. The third kappa shape index (κ3) is 3.24. The molecule has 0 spiro atoms. The van der Waals surface area contributed by atoms with Crippen LogP contribution in [0.2, 0.25) is 0 Å². The highest BCUT2D eigenvalue weighted by atomic mass is 16.5. The minimum atomic E-state index is -0.144. The van der Waals surface area contributed by atoms with Gasteiger partial charge in [0.2, 0.25) is 5.91 Å². The van der Waals surface area contributed by atoms with Gasteiger partial charge >= 0.3 is 5.69 Å². The molecule has 1 amide bonds. The fourth-order valence-corrected chi connectivity index (χ4v) is 4.60. The largest absolute Gasteiger partial charge is 0.379 e. The van der Waals surface area contributed by atoms with Crippen molar-refractivity contribution in [2.24, 2.45) is 5.92 Å². The Hall–Kier alpha value is -2.65. The van der Waals surface area contributed by atoms with Gasteiger partial charge in [-0.05, 0) is 18.4 Å². The molecule has 9 nitrogen and oxygen atoms in total. The first kappa shape index (κ1) is 18.4. The Morgan fingerprint density at radius 2 is 2.14 bits per heavy atom. The van der Waals surface area contributed by atoms with Crippen molar-refractivity contribution in [2.75, 3.05) is 45.9 Å². The predicted octanol–water partition coefficient (Wildman–Crippen LogP) is 0.948. The van der Waals surface area contributed by atoms with Gasteiger partial charge in [0.15, 0.2) is 0 Å². The molecule has 2 fully saturated rings. The van der Waals surface area contributed by atoms with Crippen LogP contribution >= 0.6 is 0 Å². The summed E-state index contributed by atoms with van der Waals surface area (Å²) in [6.07, 6.45) is 4.41. The molecule has 0 saturated carbocycles. The average Bonchev–Trinajstić information content (AvgIpc) is 3.32. The Morgan fingerprint density at radius 3 is 2.97 bits per heavy atom. The van der Waals surface area contributed by atoms with Crippen LogP contribution < -0.4 is 5.69 Å². The molecule has 0 aromatic carbocycles. The van der Waals surface area contributed by atoms with Gasteiger partial charge in [0.05, 0.1) is 43.0 Å². The van der Waals surface area contributed by atoms with Crippen LogP contribution in [-0.4, -0.2) is 81.2 Å². The summed E-state index contributed by atoms with van der Waals surface area (Å²) in [7, 11) is 0. The van der Waals surface area contributed by atoms with Gasteiger partial charge in [-0.2, -0.15) is 0 Å². The first-order valence-corrected chi connectivity index (χ1v) is 10.3. The number of pyridine rings is 1. The number of hydrogen-bond donors (Lipinski definition) is 2. The maximum absolute atomic E-state index is 12.9. The lowest BCUT2D eigenvalue weighted by atomic mass is 9.93. The molecule has 2 aliphatic heterocycles. The van der Waals surface area contributed by atoms with E-state index in [9.17, 15) is 9.59 Å². The number of imidazole rings is 1. The lowest BCUT2D eigenvalue weighted by molar-refractivity contribution is -0.135. The summed E-state index contributed by atoms with van der Waals surface area (Å²) < 4.78 is 7.21. The molecule has 9 heteroatoms. The Morgan fingerprint density at radius 1 is 1.31 bits per heavy atom. The minimum Gasteiger partial charge on any atom is -0.379 e. The number of nitrogens with zero attached hydrogens (tertiary/aromatic N) is 4. The number of aromatic amines is 2. The van der Waals surface area contributed by atoms with Crippen LogP contribution in [0.25, 0.3) is 22.1 Å². The Balaban J connectivity index is 1.45. The predicted molar refractivity (Wildman–Crippen MR) is 109 cm³/mol. The summed E-state index contributed by atoms with van der Waals surface area (Å²) in [5, 5.41) is 0.921. The van der Waals surface area contributed by atoms with Crippen LogP contribution in [0.15, 0.2) is 23.3 Å². The average molecular weight is 398 g/mol. The zero-order valence-electron chi connectivity index (χ0n) is 16.6. The number of amides is 1. The zero-order chi connectivity index (χ0) is 20.0. The second-order valence-corrected chi connectivity index (χ2v) is 8.12. The summed E-state index contributed by atoms with van der Waals surface area (Å²) in [4.78, 5) is 40.3. The molecule has 5 rings (SSSR count). The SMILES string of the molecule is CC1CCN(C(=O)CN2CCOCC2)CC1n1c(=O)[nH]c2cnc3[nH]ccc3c21. The summed E-state index contributed by atoms with van der Waals surface area (Å²) in [6, 6.07) is 1.88. The molecule has 2 N–H and O–H groups in total. The lowest BCUT2D eigenvalue weighted by Crippen LogP contribution is -2.50. The monoisotopic (exact) mass is 398 g/mol. The van der Waals surface area contributed by atoms with Gasteiger partial charge in [0.25, 0.3) is 0 Å². The van der Waals surface area contributed by atoms with Crippen molar-refractivity contribution < 1.29 is 9.53 Å². The number of carbonyl (C=O) groups is 1. The summed E-state index contributed by atoms with van der Waals surface area (Å²) >= 11 is 0. The number of likely N-dealkylation sites (tertiary alicyclic amines) is 1. The van der Waals surface area contributed by atoms with E-state index in [4.69, 9.17) is 4.74 Å². The van der Waals surface area contributed by atoms with Crippen molar-refractivity contribution >= 4 is 28.0 Å². The first-order valence-electron chi connectivity index (χ1n) is 10.3. The molecule has 2 atom stereocenters. The van der Waals surface area contributed by atoms with Crippen LogP contribution in [0.1, 0.15) is 19.4 Å². The number of rotatable bonds is 3. The van der Waals surface area contributed by atoms with Crippen LogP contribution in [0.4, 0.5) is 0 Å². The molecule has 3 aromatic heterocycles. The van der Waals surface area contributed by atoms with Gasteiger partial charge in [0, 0.05) is 37.8 Å². The normalized spacial score (nSPS) is 23.8. The maximum atomic E-state index is 12.9. The van der Waals surface area contributed by atoms with Gasteiger partial charge in [-0.1, -0.05) is 6.92 Å². The first-order chi connectivity index (χ1) is 14.1. The van der Waals surface area contributed by atoms with E-state index in [-0.39, 0.29) is 17.6 Å². The van der Waals surface area contributed by atoms with Gasteiger partial charge in [-0.15, -0.1) is 0 Å². The zero-order valence-corrected chi connectivity index (χ0v) is 16.6. The number of carbonyl (C=O) groups excluding carboxylic acids is 1. The van der Waals surface area contributed by atoms with E-state index < -0.39 is 0 Å². The second-order valence-electron chi connectivity index (χ2n) is 8.12. The summed E-state index contributed by atoms with van der Waals surface area (Å²) in [6.45, 7) is 6.80. The number of aromatic nitrogens is 4. The highest BCUT2D eigenvalue weighted by Crippen LogP contribution is 2.31. The lowest BCUT2D eigenvalue weighted by Gasteiger charge is -2.38. The van der Waals surface area contributed by atoms with E-state index >= 15 is 0 Å². The number of morpholine rings is 1. The van der Waals surface area contributed by atoms with E-state index in [1.807, 2.05) is 21.7 Å². The maximum Gasteiger partial charge on any atom is 0.326 e. The van der Waals surface area contributed by atoms with Crippen LogP contribution in [0.3, 0.4) is 0 Å². The van der Waals surface area contributed by atoms with Crippen LogP contribution in [0, 0.1) is 5.92 Å². The summed E-state index contributed by atoms with van der Waals surface area (Å²) in [5.74, 6) is 0.423. The van der Waals surface area contributed by atoms with E-state index in [0.29, 0.717) is 32.2 Å². The van der Waals surface area contributed by atoms with E-state index in [2.05, 4.69) is 26.8 Å². The topological polar surface area (TPSA) is 99.2 Å². The molecule has 2 unspecified atom stereocenters. The molecule has 0 aliphatic carbocycles. The second kappa shape index (κ2) is 7.31. The Labute approximate surface area is 167 Å². The number of piperidine rings is 1.